The summed E-state index contributed by atoms with van der Waals surface area (Å²) in [6.07, 6.45) is 4.17. The van der Waals surface area contributed by atoms with E-state index >= 15 is 0 Å². The van der Waals surface area contributed by atoms with Crippen LogP contribution in [0.2, 0.25) is 0 Å². The maximum atomic E-state index is 12.3. The summed E-state index contributed by atoms with van der Waals surface area (Å²) >= 11 is 0. The SMILES string of the molecule is Nc1ccc2ncn(CCN3CCCC3)c(=O)c2c1. The van der Waals surface area contributed by atoms with Crippen LogP contribution in [0.1, 0.15) is 12.8 Å². The molecule has 19 heavy (non-hydrogen) atoms. The summed E-state index contributed by atoms with van der Waals surface area (Å²) in [7, 11) is 0. The van der Waals surface area contributed by atoms with E-state index in [1.807, 2.05) is 0 Å². The van der Waals surface area contributed by atoms with Gasteiger partial charge >= 0.3 is 0 Å². The fourth-order valence-corrected chi connectivity index (χ4v) is 2.59. The van der Waals surface area contributed by atoms with Crippen molar-refractivity contribution in [3.05, 3.63) is 34.9 Å². The van der Waals surface area contributed by atoms with Gasteiger partial charge in [0.15, 0.2) is 0 Å². The summed E-state index contributed by atoms with van der Waals surface area (Å²) in [5, 5.41) is 0.601. The van der Waals surface area contributed by atoms with Crippen molar-refractivity contribution in [2.45, 2.75) is 19.4 Å². The molecule has 2 N–H and O–H groups in total. The third kappa shape index (κ3) is 2.46. The number of nitrogens with zero attached hydrogens (tertiary/aromatic N) is 3. The zero-order valence-corrected chi connectivity index (χ0v) is 10.9. The second-order valence-electron chi connectivity index (χ2n) is 5.07. The molecule has 0 atom stereocenters. The monoisotopic (exact) mass is 258 g/mol. The minimum Gasteiger partial charge on any atom is -0.399 e. The van der Waals surface area contributed by atoms with E-state index in [0.29, 0.717) is 23.1 Å². The van der Waals surface area contributed by atoms with Crippen LogP contribution in [0.25, 0.3) is 10.9 Å². The standard InChI is InChI=1S/C14H18N4O/c15-11-3-4-13-12(9-11)14(19)18(10-16-13)8-7-17-5-1-2-6-17/h3-4,9-10H,1-2,5-8,15H2. The Balaban J connectivity index is 1.87. The summed E-state index contributed by atoms with van der Waals surface area (Å²) in [6, 6.07) is 5.26. The minimum atomic E-state index is -0.00324. The van der Waals surface area contributed by atoms with Gasteiger partial charge in [0.05, 0.1) is 17.2 Å². The lowest BCUT2D eigenvalue weighted by molar-refractivity contribution is 0.320. The summed E-state index contributed by atoms with van der Waals surface area (Å²) in [5.74, 6) is 0. The molecular weight excluding hydrogens is 240 g/mol. The van der Waals surface area contributed by atoms with E-state index in [4.69, 9.17) is 5.73 Å². The molecule has 0 radical (unpaired) electrons. The first-order valence-corrected chi connectivity index (χ1v) is 6.71. The van der Waals surface area contributed by atoms with Crippen molar-refractivity contribution in [2.24, 2.45) is 0 Å². The first-order chi connectivity index (χ1) is 9.24. The molecule has 1 aliphatic rings. The lowest BCUT2D eigenvalue weighted by Gasteiger charge is -2.15. The van der Waals surface area contributed by atoms with Crippen molar-refractivity contribution < 1.29 is 0 Å². The maximum Gasteiger partial charge on any atom is 0.261 e. The van der Waals surface area contributed by atoms with E-state index in [9.17, 15) is 4.79 Å². The van der Waals surface area contributed by atoms with Gasteiger partial charge in [0.2, 0.25) is 0 Å². The van der Waals surface area contributed by atoms with Crippen molar-refractivity contribution in [1.82, 2.24) is 14.5 Å². The van der Waals surface area contributed by atoms with Crippen LogP contribution in [0.5, 0.6) is 0 Å². The van der Waals surface area contributed by atoms with Gasteiger partial charge in [0, 0.05) is 18.8 Å². The predicted octanol–water partition coefficient (Wildman–Crippen LogP) is 1.07. The van der Waals surface area contributed by atoms with Crippen molar-refractivity contribution in [1.29, 1.82) is 0 Å². The molecule has 1 aromatic carbocycles. The van der Waals surface area contributed by atoms with Gasteiger partial charge in [-0.15, -0.1) is 0 Å². The van der Waals surface area contributed by atoms with Gasteiger partial charge in [0.1, 0.15) is 0 Å². The summed E-state index contributed by atoms with van der Waals surface area (Å²) in [6.45, 7) is 3.89. The molecule has 0 aliphatic carbocycles. The molecule has 100 valence electrons. The van der Waals surface area contributed by atoms with E-state index < -0.39 is 0 Å². The molecule has 0 saturated carbocycles. The molecule has 1 aliphatic heterocycles. The van der Waals surface area contributed by atoms with Crippen LogP contribution in [0.15, 0.2) is 29.3 Å². The highest BCUT2D eigenvalue weighted by molar-refractivity contribution is 5.80. The largest absolute Gasteiger partial charge is 0.399 e. The normalized spacial score (nSPS) is 16.2. The van der Waals surface area contributed by atoms with Gasteiger partial charge in [-0.2, -0.15) is 0 Å². The Labute approximate surface area is 111 Å². The smallest absolute Gasteiger partial charge is 0.261 e. The number of hydrogen-bond acceptors (Lipinski definition) is 4. The quantitative estimate of drug-likeness (QED) is 0.837. The lowest BCUT2D eigenvalue weighted by Crippen LogP contribution is -2.29. The van der Waals surface area contributed by atoms with Crippen LogP contribution in [0.3, 0.4) is 0 Å². The maximum absolute atomic E-state index is 12.3. The van der Waals surface area contributed by atoms with Gasteiger partial charge in [0.25, 0.3) is 5.56 Å². The highest BCUT2D eigenvalue weighted by Crippen LogP contribution is 2.11. The molecule has 0 bridgehead atoms. The molecule has 3 rings (SSSR count). The fourth-order valence-electron chi connectivity index (χ4n) is 2.59. The van der Waals surface area contributed by atoms with Crippen molar-refractivity contribution in [3.8, 4) is 0 Å². The summed E-state index contributed by atoms with van der Waals surface area (Å²) in [4.78, 5) is 19.0. The Morgan fingerprint density at radius 1 is 1.21 bits per heavy atom. The number of nitrogens with two attached hydrogens (primary N) is 1. The van der Waals surface area contributed by atoms with Crippen LogP contribution in [0.4, 0.5) is 5.69 Å². The molecule has 5 nitrogen and oxygen atoms in total. The number of anilines is 1. The molecule has 2 aromatic rings. The van der Waals surface area contributed by atoms with Crippen molar-refractivity contribution in [2.75, 3.05) is 25.4 Å². The van der Waals surface area contributed by atoms with E-state index in [1.54, 1.807) is 29.1 Å². The number of hydrogen-bond donors (Lipinski definition) is 1. The van der Waals surface area contributed by atoms with E-state index in [1.165, 1.54) is 12.8 Å². The summed E-state index contributed by atoms with van der Waals surface area (Å²) in [5.41, 5.74) is 7.03. The number of benzene rings is 1. The lowest BCUT2D eigenvalue weighted by atomic mass is 10.2. The average Bonchev–Trinajstić information content (AvgIpc) is 2.92. The molecule has 0 amide bonds. The fraction of sp³-hybridized carbons (Fsp3) is 0.429. The third-order valence-corrected chi connectivity index (χ3v) is 3.70. The first-order valence-electron chi connectivity index (χ1n) is 6.71. The second kappa shape index (κ2) is 5.01. The molecule has 2 heterocycles. The van der Waals surface area contributed by atoms with Crippen LogP contribution >= 0.6 is 0 Å². The highest BCUT2D eigenvalue weighted by atomic mass is 16.1. The van der Waals surface area contributed by atoms with E-state index in [2.05, 4.69) is 9.88 Å². The van der Waals surface area contributed by atoms with Crippen molar-refractivity contribution >= 4 is 16.6 Å². The number of fused-ring (bicyclic) bond motifs is 1. The van der Waals surface area contributed by atoms with Crippen molar-refractivity contribution in [3.63, 3.8) is 0 Å². The van der Waals surface area contributed by atoms with Gasteiger partial charge in [-0.1, -0.05) is 0 Å². The van der Waals surface area contributed by atoms with Gasteiger partial charge in [-0.25, -0.2) is 4.98 Å². The molecule has 5 heteroatoms. The topological polar surface area (TPSA) is 64.2 Å². The number of nitrogen functional groups attached to an aromatic ring is 1. The molecule has 0 unspecified atom stereocenters. The Bertz CT molecular complexity index is 643. The number of likely N-dealkylation sites (tertiary alicyclic amines) is 1. The average molecular weight is 258 g/mol. The molecule has 1 fully saturated rings. The minimum absolute atomic E-state index is 0.00324. The van der Waals surface area contributed by atoms with Gasteiger partial charge < -0.3 is 10.6 Å². The molecule has 0 spiro atoms. The van der Waals surface area contributed by atoms with E-state index in [-0.39, 0.29) is 5.56 Å². The van der Waals surface area contributed by atoms with Crippen LogP contribution in [-0.2, 0) is 6.54 Å². The summed E-state index contributed by atoms with van der Waals surface area (Å²) < 4.78 is 1.68. The van der Waals surface area contributed by atoms with Crippen LogP contribution in [-0.4, -0.2) is 34.1 Å². The Morgan fingerprint density at radius 3 is 2.79 bits per heavy atom. The Kier molecular flexibility index (Phi) is 3.21. The third-order valence-electron chi connectivity index (χ3n) is 3.70. The number of rotatable bonds is 3. The molecule has 1 saturated heterocycles. The van der Waals surface area contributed by atoms with E-state index in [0.717, 1.165) is 19.6 Å². The van der Waals surface area contributed by atoms with Gasteiger partial charge in [-0.05, 0) is 44.1 Å². The molecule has 1 aromatic heterocycles. The Hall–Kier alpha value is -1.88. The van der Waals surface area contributed by atoms with Gasteiger partial charge in [-0.3, -0.25) is 9.36 Å². The second-order valence-corrected chi connectivity index (χ2v) is 5.07. The van der Waals surface area contributed by atoms with Crippen LogP contribution in [0, 0.1) is 0 Å². The predicted molar refractivity (Wildman–Crippen MR) is 76.1 cm³/mol. The first kappa shape index (κ1) is 12.2. The molecular formula is C14H18N4O. The highest BCUT2D eigenvalue weighted by Gasteiger charge is 2.11. The zero-order chi connectivity index (χ0) is 13.2. The zero-order valence-electron chi connectivity index (χ0n) is 10.9. The van der Waals surface area contributed by atoms with Crippen LogP contribution < -0.4 is 11.3 Å². The number of aromatic nitrogens is 2. The Morgan fingerprint density at radius 2 is 2.00 bits per heavy atom.